The molecule has 0 aliphatic rings. The average molecular weight is 768 g/mol. The van der Waals surface area contributed by atoms with Crippen molar-refractivity contribution in [2.24, 2.45) is 0 Å². The van der Waals surface area contributed by atoms with Crippen LogP contribution < -0.4 is 10.6 Å². The van der Waals surface area contributed by atoms with Gasteiger partial charge in [0.1, 0.15) is 32.8 Å². The fourth-order valence-corrected chi connectivity index (χ4v) is 7.46. The van der Waals surface area contributed by atoms with Gasteiger partial charge in [-0.25, -0.2) is 18.4 Å². The monoisotopic (exact) mass is 766 g/mol. The first kappa shape index (κ1) is 34.9. The Kier molecular flexibility index (Phi) is 10.4. The molecule has 2 heterocycles. The van der Waals surface area contributed by atoms with Gasteiger partial charge in [-0.15, -0.1) is 22.7 Å². The number of carbonyl (C=O) groups is 4. The molecule has 7 nitrogen and oxygen atoms in total. The van der Waals surface area contributed by atoms with Crippen LogP contribution in [0.25, 0.3) is 22.3 Å². The zero-order valence-electron chi connectivity index (χ0n) is 25.1. The van der Waals surface area contributed by atoms with Gasteiger partial charge in [0.05, 0.1) is 0 Å². The van der Waals surface area contributed by atoms with Crippen LogP contribution in [-0.2, 0) is 4.74 Å². The molecule has 50 heavy (non-hydrogen) atoms. The van der Waals surface area contributed by atoms with Gasteiger partial charge in [0.25, 0.3) is 11.8 Å². The molecule has 2 aromatic heterocycles. The fraction of sp³-hybridized carbons (Fsp3) is 0. The lowest BCUT2D eigenvalue weighted by atomic mass is 10.0. The fourth-order valence-electron chi connectivity index (χ4n) is 4.83. The van der Waals surface area contributed by atoms with Crippen LogP contribution in [0.15, 0.2) is 102 Å². The number of thiophene rings is 2. The van der Waals surface area contributed by atoms with Gasteiger partial charge in [0.15, 0.2) is 0 Å². The van der Waals surface area contributed by atoms with E-state index in [9.17, 15) is 28.0 Å². The number of rotatable bonds is 8. The zero-order valence-corrected chi connectivity index (χ0v) is 29.0. The Labute approximate surface area is 306 Å². The zero-order chi connectivity index (χ0) is 35.5. The second-order valence-electron chi connectivity index (χ2n) is 10.4. The molecule has 0 spiro atoms. The molecule has 6 rings (SSSR count). The third-order valence-electron chi connectivity index (χ3n) is 7.23. The Morgan fingerprint density at radius 3 is 1.48 bits per heavy atom. The van der Waals surface area contributed by atoms with Crippen molar-refractivity contribution in [3.05, 3.63) is 151 Å². The Bertz CT molecular complexity index is 2290. The topological polar surface area (TPSA) is 102 Å². The van der Waals surface area contributed by atoms with Crippen LogP contribution >= 0.6 is 57.5 Å². The molecular formula is C36H19Cl3F2N2O5S2. The van der Waals surface area contributed by atoms with E-state index in [1.54, 1.807) is 47.2 Å². The minimum Gasteiger partial charge on any atom is -0.386 e. The third-order valence-corrected chi connectivity index (χ3v) is 9.90. The van der Waals surface area contributed by atoms with Crippen LogP contribution in [0.5, 0.6) is 0 Å². The van der Waals surface area contributed by atoms with Crippen LogP contribution in [-0.4, -0.2) is 23.8 Å². The molecule has 0 saturated carbocycles. The first-order chi connectivity index (χ1) is 24.0. The van der Waals surface area contributed by atoms with E-state index in [0.717, 1.165) is 46.9 Å². The molecule has 0 fully saturated rings. The summed E-state index contributed by atoms with van der Waals surface area (Å²) in [5, 5.41) is 9.23. The summed E-state index contributed by atoms with van der Waals surface area (Å²) in [4.78, 5) is 54.3. The molecule has 2 amide bonds. The van der Waals surface area contributed by atoms with Crippen molar-refractivity contribution in [1.29, 1.82) is 0 Å². The molecule has 14 heteroatoms. The Morgan fingerprint density at radius 1 is 0.560 bits per heavy atom. The summed E-state index contributed by atoms with van der Waals surface area (Å²) in [5.74, 6) is -4.69. The van der Waals surface area contributed by atoms with Crippen molar-refractivity contribution in [2.45, 2.75) is 0 Å². The quantitative estimate of drug-likeness (QED) is 0.119. The molecule has 0 saturated heterocycles. The van der Waals surface area contributed by atoms with Crippen molar-refractivity contribution >= 4 is 91.2 Å². The summed E-state index contributed by atoms with van der Waals surface area (Å²) < 4.78 is 32.5. The van der Waals surface area contributed by atoms with Crippen molar-refractivity contribution in [3.63, 3.8) is 0 Å². The van der Waals surface area contributed by atoms with E-state index in [-0.39, 0.29) is 53.4 Å². The van der Waals surface area contributed by atoms with Gasteiger partial charge in [0, 0.05) is 59.2 Å². The molecular weight excluding hydrogens is 749 g/mol. The summed E-state index contributed by atoms with van der Waals surface area (Å²) in [6, 6.07) is 20.8. The van der Waals surface area contributed by atoms with Crippen molar-refractivity contribution in [1.82, 2.24) is 0 Å². The van der Waals surface area contributed by atoms with Gasteiger partial charge < -0.3 is 15.4 Å². The number of benzene rings is 4. The molecule has 0 aliphatic heterocycles. The smallest absolute Gasteiger partial charge is 0.349 e. The number of hydrogen-bond acceptors (Lipinski definition) is 7. The molecule has 0 bridgehead atoms. The first-order valence-electron chi connectivity index (χ1n) is 14.3. The predicted octanol–water partition coefficient (Wildman–Crippen LogP) is 10.9. The van der Waals surface area contributed by atoms with E-state index in [0.29, 0.717) is 16.1 Å². The molecule has 4 aromatic carbocycles. The Balaban J connectivity index is 1.39. The molecule has 0 unspecified atom stereocenters. The highest BCUT2D eigenvalue weighted by atomic mass is 35.5. The minimum absolute atomic E-state index is 0.0135. The lowest BCUT2D eigenvalue weighted by Crippen LogP contribution is -2.19. The van der Waals surface area contributed by atoms with Gasteiger partial charge >= 0.3 is 11.9 Å². The summed E-state index contributed by atoms with van der Waals surface area (Å²) in [7, 11) is 0. The molecule has 0 atom stereocenters. The number of nitrogens with one attached hydrogen (secondary N) is 2. The molecule has 250 valence electrons. The maximum atomic E-state index is 14.0. The number of esters is 2. The molecule has 2 N–H and O–H groups in total. The molecule has 6 aromatic rings. The van der Waals surface area contributed by atoms with E-state index in [1.165, 1.54) is 30.3 Å². The van der Waals surface area contributed by atoms with Gasteiger partial charge in [-0.2, -0.15) is 0 Å². The van der Waals surface area contributed by atoms with Gasteiger partial charge in [-0.1, -0.05) is 59.1 Å². The minimum atomic E-state index is -1.15. The predicted molar refractivity (Wildman–Crippen MR) is 193 cm³/mol. The summed E-state index contributed by atoms with van der Waals surface area (Å²) in [5.41, 5.74) is 1.11. The Hall–Kier alpha value is -4.91. The Morgan fingerprint density at radius 2 is 1.02 bits per heavy atom. The lowest BCUT2D eigenvalue weighted by molar-refractivity contribution is 0.0401. The number of ether oxygens (including phenoxy) is 1. The van der Waals surface area contributed by atoms with Gasteiger partial charge in [-0.3, -0.25) is 9.59 Å². The van der Waals surface area contributed by atoms with Gasteiger partial charge in [0.2, 0.25) is 0 Å². The summed E-state index contributed by atoms with van der Waals surface area (Å²) in [6.07, 6.45) is 0. The number of hydrogen-bond donors (Lipinski definition) is 2. The maximum Gasteiger partial charge on any atom is 0.349 e. The van der Waals surface area contributed by atoms with Crippen molar-refractivity contribution in [2.75, 3.05) is 10.6 Å². The highest BCUT2D eigenvalue weighted by Crippen LogP contribution is 2.42. The van der Waals surface area contributed by atoms with Crippen LogP contribution in [0.2, 0.25) is 15.1 Å². The van der Waals surface area contributed by atoms with Crippen LogP contribution in [0.3, 0.4) is 0 Å². The highest BCUT2D eigenvalue weighted by Gasteiger charge is 2.30. The number of carbonyl (C=O) groups excluding carboxylic acids is 4. The number of anilines is 2. The molecule has 0 aliphatic carbocycles. The first-order valence-corrected chi connectivity index (χ1v) is 17.2. The third kappa shape index (κ3) is 7.47. The van der Waals surface area contributed by atoms with Crippen molar-refractivity contribution in [3.8, 4) is 22.3 Å². The standard InChI is InChI=1S/C36H19Cl3F2N2O5S2/c37-20-9-14-24(28(39)15-20)26-17-50-34(43-32(45)19-7-12-22(41)13-8-19)30(26)36(47)48-35(46)29-25(23-3-1-2-4-27(23)38)16-49-33(29)42-31(44)18-5-10-21(40)11-6-18/h1-17H,(H,42,44)(H,43,45). The van der Waals surface area contributed by atoms with Crippen LogP contribution in [0, 0.1) is 11.6 Å². The average Bonchev–Trinajstić information content (AvgIpc) is 3.69. The second-order valence-corrected chi connectivity index (χ2v) is 13.4. The van der Waals surface area contributed by atoms with E-state index >= 15 is 0 Å². The maximum absolute atomic E-state index is 14.0. The normalized spacial score (nSPS) is 10.8. The summed E-state index contributed by atoms with van der Waals surface area (Å²) in [6.45, 7) is 0. The van der Waals surface area contributed by atoms with E-state index < -0.39 is 35.4 Å². The van der Waals surface area contributed by atoms with Gasteiger partial charge in [-0.05, 0) is 66.7 Å². The van der Waals surface area contributed by atoms with E-state index in [4.69, 9.17) is 39.5 Å². The number of halogens is 5. The largest absolute Gasteiger partial charge is 0.386 e. The second kappa shape index (κ2) is 14.9. The number of amides is 2. The van der Waals surface area contributed by atoms with E-state index in [2.05, 4.69) is 10.6 Å². The highest BCUT2D eigenvalue weighted by molar-refractivity contribution is 7.15. The summed E-state index contributed by atoms with van der Waals surface area (Å²) >= 11 is 21.0. The van der Waals surface area contributed by atoms with Crippen LogP contribution in [0.4, 0.5) is 18.8 Å². The van der Waals surface area contributed by atoms with Crippen molar-refractivity contribution < 1.29 is 32.7 Å². The van der Waals surface area contributed by atoms with E-state index in [1.807, 2.05) is 0 Å². The van der Waals surface area contributed by atoms with Crippen LogP contribution in [0.1, 0.15) is 41.4 Å². The lowest BCUT2D eigenvalue weighted by Gasteiger charge is -2.12. The molecule has 0 radical (unpaired) electrons. The SMILES string of the molecule is O=C(Nc1scc(-c2ccccc2Cl)c1C(=O)OC(=O)c1c(-c2ccc(Cl)cc2Cl)csc1NC(=O)c1ccc(F)cc1)c1ccc(F)cc1.